The van der Waals surface area contributed by atoms with Crippen molar-refractivity contribution in [3.63, 3.8) is 0 Å². The molecule has 0 saturated heterocycles. The number of fused-ring (bicyclic) bond motifs is 1. The van der Waals surface area contributed by atoms with Gasteiger partial charge in [0.15, 0.2) is 0 Å². The summed E-state index contributed by atoms with van der Waals surface area (Å²) in [4.78, 5) is 11.8. The number of rotatable bonds is 4. The zero-order chi connectivity index (χ0) is 17.3. The first kappa shape index (κ1) is 16.3. The number of benzene rings is 2. The van der Waals surface area contributed by atoms with Crippen LogP contribution in [0.1, 0.15) is 11.1 Å². The Morgan fingerprint density at radius 1 is 1.08 bits per heavy atom. The van der Waals surface area contributed by atoms with Gasteiger partial charge in [-0.05, 0) is 36.8 Å². The second-order valence-electron chi connectivity index (χ2n) is 5.53. The van der Waals surface area contributed by atoms with Gasteiger partial charge in [0.05, 0.1) is 23.9 Å². The molecule has 124 valence electrons. The maximum Gasteiger partial charge on any atom is 0.310 e. The first-order valence-corrected chi connectivity index (χ1v) is 8.85. The van der Waals surface area contributed by atoms with Crippen molar-refractivity contribution in [2.24, 2.45) is 0 Å². The van der Waals surface area contributed by atoms with E-state index < -0.39 is 10.0 Å². The second kappa shape index (κ2) is 6.13. The van der Waals surface area contributed by atoms with Crippen LogP contribution in [0.5, 0.6) is 0 Å². The third kappa shape index (κ3) is 2.80. The van der Waals surface area contributed by atoms with Gasteiger partial charge >= 0.3 is 5.97 Å². The highest BCUT2D eigenvalue weighted by molar-refractivity contribution is 7.90. The predicted octanol–water partition coefficient (Wildman–Crippen LogP) is 2.90. The van der Waals surface area contributed by atoms with Crippen LogP contribution in [0.4, 0.5) is 0 Å². The molecule has 24 heavy (non-hydrogen) atoms. The van der Waals surface area contributed by atoms with E-state index in [1.165, 1.54) is 17.3 Å². The van der Waals surface area contributed by atoms with Crippen molar-refractivity contribution in [1.29, 1.82) is 0 Å². The standard InChI is InChI=1S/C18H17NO4S/c1-13-6-8-15(9-7-13)24(21,22)19-11-10-16-14(12-18(20)23-2)4-3-5-17(16)19/h3-11H,12H2,1-2H3. The molecule has 0 aliphatic heterocycles. The molecule has 1 heterocycles. The first-order chi connectivity index (χ1) is 11.4. The zero-order valence-electron chi connectivity index (χ0n) is 13.4. The molecule has 0 spiro atoms. The number of esters is 1. The van der Waals surface area contributed by atoms with Gasteiger partial charge in [-0.15, -0.1) is 0 Å². The monoisotopic (exact) mass is 343 g/mol. The normalized spacial score (nSPS) is 11.6. The lowest BCUT2D eigenvalue weighted by atomic mass is 10.1. The molecule has 0 N–H and O–H groups in total. The van der Waals surface area contributed by atoms with E-state index in [1.807, 2.05) is 6.92 Å². The molecule has 0 atom stereocenters. The number of carbonyl (C=O) groups is 1. The van der Waals surface area contributed by atoms with Crippen molar-refractivity contribution < 1.29 is 17.9 Å². The number of nitrogens with zero attached hydrogens (tertiary/aromatic N) is 1. The molecule has 5 nitrogen and oxygen atoms in total. The van der Waals surface area contributed by atoms with Crippen molar-refractivity contribution in [1.82, 2.24) is 3.97 Å². The van der Waals surface area contributed by atoms with E-state index in [0.29, 0.717) is 5.52 Å². The number of carbonyl (C=O) groups excluding carboxylic acids is 1. The number of hydrogen-bond donors (Lipinski definition) is 0. The van der Waals surface area contributed by atoms with Crippen LogP contribution in [-0.2, 0) is 26.0 Å². The Balaban J connectivity index is 2.12. The summed E-state index contributed by atoms with van der Waals surface area (Å²) in [6.07, 6.45) is 1.61. The minimum Gasteiger partial charge on any atom is -0.469 e. The van der Waals surface area contributed by atoms with Crippen LogP contribution in [0.25, 0.3) is 10.9 Å². The number of hydrogen-bond acceptors (Lipinski definition) is 4. The summed E-state index contributed by atoms with van der Waals surface area (Å²) in [6, 6.07) is 13.7. The molecule has 0 unspecified atom stereocenters. The Bertz CT molecular complexity index is 1000. The van der Waals surface area contributed by atoms with Crippen LogP contribution in [0.3, 0.4) is 0 Å². The lowest BCUT2D eigenvalue weighted by molar-refractivity contribution is -0.139. The summed E-state index contributed by atoms with van der Waals surface area (Å²) in [5, 5.41) is 0.721. The fraction of sp³-hybridized carbons (Fsp3) is 0.167. The average molecular weight is 343 g/mol. The maximum absolute atomic E-state index is 12.9. The maximum atomic E-state index is 12.9. The van der Waals surface area contributed by atoms with Crippen molar-refractivity contribution in [3.05, 3.63) is 65.9 Å². The highest BCUT2D eigenvalue weighted by Crippen LogP contribution is 2.25. The number of ether oxygens (including phenoxy) is 1. The first-order valence-electron chi connectivity index (χ1n) is 7.41. The summed E-state index contributed by atoms with van der Waals surface area (Å²) in [6.45, 7) is 1.90. The predicted molar refractivity (Wildman–Crippen MR) is 91.4 cm³/mol. The highest BCUT2D eigenvalue weighted by atomic mass is 32.2. The third-order valence-corrected chi connectivity index (χ3v) is 5.63. The van der Waals surface area contributed by atoms with E-state index in [0.717, 1.165) is 16.5 Å². The molecule has 0 bridgehead atoms. The van der Waals surface area contributed by atoms with Gasteiger partial charge in [0, 0.05) is 11.6 Å². The van der Waals surface area contributed by atoms with E-state index >= 15 is 0 Å². The Hall–Kier alpha value is -2.60. The summed E-state index contributed by atoms with van der Waals surface area (Å²) in [5.41, 5.74) is 2.26. The smallest absolute Gasteiger partial charge is 0.310 e. The number of methoxy groups -OCH3 is 1. The minimum atomic E-state index is -3.69. The molecule has 2 aromatic carbocycles. The molecule has 0 aliphatic rings. The van der Waals surface area contributed by atoms with Gasteiger partial charge in [0.2, 0.25) is 0 Å². The van der Waals surface area contributed by atoms with Crippen molar-refractivity contribution in [3.8, 4) is 0 Å². The third-order valence-electron chi connectivity index (χ3n) is 3.93. The summed E-state index contributed by atoms with van der Waals surface area (Å²) in [5.74, 6) is -0.364. The summed E-state index contributed by atoms with van der Waals surface area (Å²) < 4.78 is 31.7. The average Bonchev–Trinajstić information content (AvgIpc) is 3.01. The van der Waals surface area contributed by atoms with E-state index in [2.05, 4.69) is 0 Å². The molecule has 0 fully saturated rings. The Morgan fingerprint density at radius 3 is 2.46 bits per heavy atom. The molecule has 0 saturated carbocycles. The van der Waals surface area contributed by atoms with Gasteiger partial charge < -0.3 is 4.74 Å². The van der Waals surface area contributed by atoms with Crippen LogP contribution in [-0.4, -0.2) is 25.5 Å². The van der Waals surface area contributed by atoms with Crippen molar-refractivity contribution in [2.75, 3.05) is 7.11 Å². The van der Waals surface area contributed by atoms with E-state index in [9.17, 15) is 13.2 Å². The zero-order valence-corrected chi connectivity index (χ0v) is 14.2. The molecule has 3 rings (SSSR count). The molecule has 6 heteroatoms. The fourth-order valence-corrected chi connectivity index (χ4v) is 3.97. The van der Waals surface area contributed by atoms with Gasteiger partial charge in [0.25, 0.3) is 10.0 Å². The highest BCUT2D eigenvalue weighted by Gasteiger charge is 2.20. The van der Waals surface area contributed by atoms with Crippen LogP contribution < -0.4 is 0 Å². The Kier molecular flexibility index (Phi) is 4.15. The van der Waals surface area contributed by atoms with E-state index in [1.54, 1.807) is 48.5 Å². The molecular weight excluding hydrogens is 326 g/mol. The van der Waals surface area contributed by atoms with Gasteiger partial charge in [-0.1, -0.05) is 29.8 Å². The van der Waals surface area contributed by atoms with Gasteiger partial charge in [-0.2, -0.15) is 0 Å². The molecule has 0 aliphatic carbocycles. The Morgan fingerprint density at radius 2 is 1.79 bits per heavy atom. The molecule has 0 amide bonds. The van der Waals surface area contributed by atoms with Gasteiger partial charge in [-0.25, -0.2) is 12.4 Å². The second-order valence-corrected chi connectivity index (χ2v) is 7.35. The summed E-state index contributed by atoms with van der Waals surface area (Å²) >= 11 is 0. The van der Waals surface area contributed by atoms with Gasteiger partial charge in [-0.3, -0.25) is 4.79 Å². The number of aryl methyl sites for hydroxylation is 1. The summed E-state index contributed by atoms with van der Waals surface area (Å²) in [7, 11) is -2.36. The van der Waals surface area contributed by atoms with Crippen LogP contribution in [0.15, 0.2) is 59.6 Å². The SMILES string of the molecule is COC(=O)Cc1cccc2c1ccn2S(=O)(=O)c1ccc(C)cc1. The van der Waals surface area contributed by atoms with E-state index in [-0.39, 0.29) is 17.3 Å². The van der Waals surface area contributed by atoms with Crippen molar-refractivity contribution in [2.45, 2.75) is 18.2 Å². The topological polar surface area (TPSA) is 65.4 Å². The molecule has 0 radical (unpaired) electrons. The lowest BCUT2D eigenvalue weighted by Crippen LogP contribution is -2.12. The molecular formula is C18H17NO4S. The van der Waals surface area contributed by atoms with Crippen LogP contribution in [0.2, 0.25) is 0 Å². The molecule has 1 aromatic heterocycles. The largest absolute Gasteiger partial charge is 0.469 e. The van der Waals surface area contributed by atoms with Gasteiger partial charge in [0.1, 0.15) is 0 Å². The fourth-order valence-electron chi connectivity index (χ4n) is 2.62. The molecule has 3 aromatic rings. The van der Waals surface area contributed by atoms with Crippen LogP contribution >= 0.6 is 0 Å². The quantitative estimate of drug-likeness (QED) is 0.683. The minimum absolute atomic E-state index is 0.0996. The van der Waals surface area contributed by atoms with Crippen molar-refractivity contribution >= 4 is 26.9 Å². The number of aromatic nitrogens is 1. The van der Waals surface area contributed by atoms with Crippen LogP contribution in [0, 0.1) is 6.92 Å². The van der Waals surface area contributed by atoms with E-state index in [4.69, 9.17) is 4.74 Å². The Labute approximate surface area is 140 Å². The lowest BCUT2D eigenvalue weighted by Gasteiger charge is -2.09.